The number of nitrogens with zero attached hydrogens (tertiary/aromatic N) is 3. The number of aliphatic hydroxyl groups is 1. The molecule has 1 aromatic rings. The second-order valence-electron chi connectivity index (χ2n) is 6.52. The second kappa shape index (κ2) is 7.42. The summed E-state index contributed by atoms with van der Waals surface area (Å²) in [6.45, 7) is 5.20. The average molecular weight is 322 g/mol. The van der Waals surface area contributed by atoms with Crippen molar-refractivity contribution in [2.24, 2.45) is 0 Å². The maximum atomic E-state index is 12.1. The lowest BCUT2D eigenvalue weighted by Gasteiger charge is -2.34. The van der Waals surface area contributed by atoms with Crippen molar-refractivity contribution in [3.8, 4) is 0 Å². The van der Waals surface area contributed by atoms with E-state index in [1.54, 1.807) is 6.20 Å². The molecule has 2 saturated heterocycles. The number of amides is 1. The normalized spacial score (nSPS) is 27.8. The van der Waals surface area contributed by atoms with Crippen molar-refractivity contribution >= 4 is 5.91 Å². The van der Waals surface area contributed by atoms with Crippen LogP contribution in [-0.4, -0.2) is 70.2 Å². The van der Waals surface area contributed by atoms with Crippen LogP contribution in [0.1, 0.15) is 25.0 Å². The Morgan fingerprint density at radius 3 is 3.13 bits per heavy atom. The van der Waals surface area contributed by atoms with E-state index in [2.05, 4.69) is 15.3 Å². The molecule has 7 heteroatoms. The highest BCUT2D eigenvalue weighted by Gasteiger charge is 2.37. The fourth-order valence-corrected chi connectivity index (χ4v) is 3.51. The van der Waals surface area contributed by atoms with Crippen molar-refractivity contribution < 1.29 is 14.6 Å². The van der Waals surface area contributed by atoms with Gasteiger partial charge in [0, 0.05) is 56.6 Å². The summed E-state index contributed by atoms with van der Waals surface area (Å²) in [5, 5.41) is 16.4. The van der Waals surface area contributed by atoms with Crippen molar-refractivity contribution in [2.75, 3.05) is 26.3 Å². The van der Waals surface area contributed by atoms with Gasteiger partial charge in [0.05, 0.1) is 12.7 Å². The zero-order chi connectivity index (χ0) is 16.2. The highest BCUT2D eigenvalue weighted by Crippen LogP contribution is 2.24. The van der Waals surface area contributed by atoms with Gasteiger partial charge in [0.1, 0.15) is 0 Å². The number of aromatic nitrogens is 2. The lowest BCUT2D eigenvalue weighted by Crippen LogP contribution is -2.46. The SMILES string of the molecule is Cc1ccnn1CCC(=O)N[C@H]1C[C@H]2CO[C@@H](CCO)CN2C1. The molecule has 0 spiro atoms. The summed E-state index contributed by atoms with van der Waals surface area (Å²) in [4.78, 5) is 14.5. The van der Waals surface area contributed by atoms with Crippen LogP contribution in [0.4, 0.5) is 0 Å². The summed E-state index contributed by atoms with van der Waals surface area (Å²) in [6, 6.07) is 2.53. The predicted octanol–water partition coefficient (Wildman–Crippen LogP) is -0.0781. The standard InChI is InChI=1S/C16H26N4O3/c1-12-2-5-17-20(12)6-3-16(22)18-13-8-14-11-23-15(4-7-21)10-19(14)9-13/h2,5,13-15,21H,3-4,6-11H2,1H3,(H,18,22)/t13-,14-,15-/m0/s1. The number of morpholine rings is 1. The quantitative estimate of drug-likeness (QED) is 0.766. The van der Waals surface area contributed by atoms with Crippen LogP contribution in [0.15, 0.2) is 12.3 Å². The van der Waals surface area contributed by atoms with E-state index in [1.807, 2.05) is 17.7 Å². The molecule has 3 rings (SSSR count). The fraction of sp³-hybridized carbons (Fsp3) is 0.750. The molecular formula is C16H26N4O3. The summed E-state index contributed by atoms with van der Waals surface area (Å²) < 4.78 is 7.62. The lowest BCUT2D eigenvalue weighted by molar-refractivity contribution is -0.122. The molecule has 1 aromatic heterocycles. The number of nitrogens with one attached hydrogen (secondary N) is 1. The van der Waals surface area contributed by atoms with E-state index in [0.717, 1.165) is 25.2 Å². The van der Waals surface area contributed by atoms with Crippen molar-refractivity contribution in [3.63, 3.8) is 0 Å². The van der Waals surface area contributed by atoms with Gasteiger partial charge < -0.3 is 15.2 Å². The van der Waals surface area contributed by atoms with Crippen LogP contribution in [0.25, 0.3) is 0 Å². The van der Waals surface area contributed by atoms with E-state index >= 15 is 0 Å². The van der Waals surface area contributed by atoms with Gasteiger partial charge in [-0.3, -0.25) is 14.4 Å². The average Bonchev–Trinajstić information content (AvgIpc) is 3.10. The molecule has 128 valence electrons. The maximum Gasteiger partial charge on any atom is 0.222 e. The van der Waals surface area contributed by atoms with Gasteiger partial charge in [0.25, 0.3) is 0 Å². The van der Waals surface area contributed by atoms with Crippen molar-refractivity contribution in [1.82, 2.24) is 20.0 Å². The van der Waals surface area contributed by atoms with E-state index in [0.29, 0.717) is 32.0 Å². The Morgan fingerprint density at radius 2 is 2.39 bits per heavy atom. The van der Waals surface area contributed by atoms with Crippen LogP contribution < -0.4 is 5.32 Å². The molecule has 0 aromatic carbocycles. The number of hydrogen-bond donors (Lipinski definition) is 2. The molecular weight excluding hydrogens is 296 g/mol. The van der Waals surface area contributed by atoms with Crippen molar-refractivity contribution in [3.05, 3.63) is 18.0 Å². The van der Waals surface area contributed by atoms with Crippen LogP contribution in [0.2, 0.25) is 0 Å². The van der Waals surface area contributed by atoms with Crippen LogP contribution >= 0.6 is 0 Å². The van der Waals surface area contributed by atoms with E-state index in [1.165, 1.54) is 0 Å². The van der Waals surface area contributed by atoms with Crippen molar-refractivity contribution in [1.29, 1.82) is 0 Å². The largest absolute Gasteiger partial charge is 0.396 e. The lowest BCUT2D eigenvalue weighted by atomic mass is 10.1. The zero-order valence-corrected chi connectivity index (χ0v) is 13.6. The first-order chi connectivity index (χ1) is 11.2. The minimum atomic E-state index is 0.0811. The second-order valence-corrected chi connectivity index (χ2v) is 6.52. The molecule has 0 saturated carbocycles. The van der Waals surface area contributed by atoms with Crippen LogP contribution in [0, 0.1) is 6.92 Å². The van der Waals surface area contributed by atoms with Crippen LogP contribution in [0.3, 0.4) is 0 Å². The number of fused-ring (bicyclic) bond motifs is 1. The predicted molar refractivity (Wildman–Crippen MR) is 84.9 cm³/mol. The number of carbonyl (C=O) groups excluding carboxylic acids is 1. The summed E-state index contributed by atoms with van der Waals surface area (Å²) in [5.41, 5.74) is 1.07. The third-order valence-corrected chi connectivity index (χ3v) is 4.79. The molecule has 2 fully saturated rings. The number of ether oxygens (including phenoxy) is 1. The highest BCUT2D eigenvalue weighted by molar-refractivity contribution is 5.76. The Kier molecular flexibility index (Phi) is 5.30. The minimum absolute atomic E-state index is 0.0811. The van der Waals surface area contributed by atoms with Gasteiger partial charge in [-0.05, 0) is 25.8 Å². The number of carbonyl (C=O) groups is 1. The van der Waals surface area contributed by atoms with E-state index in [-0.39, 0.29) is 24.7 Å². The zero-order valence-electron chi connectivity index (χ0n) is 13.6. The Labute approximate surface area is 136 Å². The Morgan fingerprint density at radius 1 is 1.52 bits per heavy atom. The van der Waals surface area contributed by atoms with Gasteiger partial charge in [0.2, 0.25) is 5.91 Å². The molecule has 3 atom stereocenters. The molecule has 0 radical (unpaired) electrons. The number of aryl methyl sites for hydroxylation is 2. The summed E-state index contributed by atoms with van der Waals surface area (Å²) in [6.07, 6.45) is 3.95. The van der Waals surface area contributed by atoms with E-state index in [4.69, 9.17) is 9.84 Å². The molecule has 0 bridgehead atoms. The first-order valence-electron chi connectivity index (χ1n) is 8.40. The van der Waals surface area contributed by atoms with Gasteiger partial charge in [-0.1, -0.05) is 0 Å². The molecule has 1 amide bonds. The summed E-state index contributed by atoms with van der Waals surface area (Å²) in [7, 11) is 0. The third kappa shape index (κ3) is 4.10. The minimum Gasteiger partial charge on any atom is -0.396 e. The Hall–Kier alpha value is -1.44. The molecule has 3 heterocycles. The molecule has 7 nitrogen and oxygen atoms in total. The first-order valence-corrected chi connectivity index (χ1v) is 8.40. The molecule has 0 unspecified atom stereocenters. The monoisotopic (exact) mass is 322 g/mol. The van der Waals surface area contributed by atoms with Gasteiger partial charge in [-0.2, -0.15) is 5.10 Å². The van der Waals surface area contributed by atoms with Crippen LogP contribution in [0.5, 0.6) is 0 Å². The van der Waals surface area contributed by atoms with E-state index < -0.39 is 0 Å². The fourth-order valence-electron chi connectivity index (χ4n) is 3.51. The smallest absolute Gasteiger partial charge is 0.222 e. The molecule has 0 aliphatic carbocycles. The first kappa shape index (κ1) is 16.4. The van der Waals surface area contributed by atoms with Gasteiger partial charge in [-0.25, -0.2) is 0 Å². The highest BCUT2D eigenvalue weighted by atomic mass is 16.5. The molecule has 2 aliphatic rings. The molecule has 2 N–H and O–H groups in total. The van der Waals surface area contributed by atoms with Gasteiger partial charge in [0.15, 0.2) is 0 Å². The van der Waals surface area contributed by atoms with Crippen molar-refractivity contribution in [2.45, 2.75) is 50.9 Å². The third-order valence-electron chi connectivity index (χ3n) is 4.79. The van der Waals surface area contributed by atoms with E-state index in [9.17, 15) is 4.79 Å². The number of aliphatic hydroxyl groups excluding tert-OH is 1. The van der Waals surface area contributed by atoms with Gasteiger partial charge in [-0.15, -0.1) is 0 Å². The Bertz CT molecular complexity index is 533. The molecule has 23 heavy (non-hydrogen) atoms. The van der Waals surface area contributed by atoms with Crippen LogP contribution in [-0.2, 0) is 16.1 Å². The summed E-state index contributed by atoms with van der Waals surface area (Å²) in [5.74, 6) is 0.0811. The number of hydrogen-bond acceptors (Lipinski definition) is 5. The maximum absolute atomic E-state index is 12.1. The summed E-state index contributed by atoms with van der Waals surface area (Å²) >= 11 is 0. The topological polar surface area (TPSA) is 79.6 Å². The number of rotatable bonds is 6. The Balaban J connectivity index is 1.43. The van der Waals surface area contributed by atoms with Gasteiger partial charge >= 0.3 is 0 Å². The molecule has 2 aliphatic heterocycles.